The van der Waals surface area contributed by atoms with Gasteiger partial charge >= 0.3 is 0 Å². The van der Waals surface area contributed by atoms with Crippen molar-refractivity contribution in [1.82, 2.24) is 15.0 Å². The van der Waals surface area contributed by atoms with Crippen molar-refractivity contribution in [3.05, 3.63) is 11.9 Å². The predicted octanol–water partition coefficient (Wildman–Crippen LogP) is 0.891. The zero-order chi connectivity index (χ0) is 8.27. The normalized spacial score (nSPS) is 10.0. The lowest BCUT2D eigenvalue weighted by molar-refractivity contribution is 0.0983. The van der Waals surface area contributed by atoms with Gasteiger partial charge in [-0.1, -0.05) is 12.1 Å². The van der Waals surface area contributed by atoms with Gasteiger partial charge in [-0.3, -0.25) is 9.48 Å². The summed E-state index contributed by atoms with van der Waals surface area (Å²) < 4.78 is 1.64. The minimum Gasteiger partial charge on any atom is -0.292 e. The second-order valence-electron chi connectivity index (χ2n) is 2.24. The third-order valence-electron chi connectivity index (χ3n) is 1.47. The van der Waals surface area contributed by atoms with Gasteiger partial charge in [-0.2, -0.15) is 0 Å². The highest BCUT2D eigenvalue weighted by molar-refractivity contribution is 5.93. The van der Waals surface area contributed by atoms with Gasteiger partial charge in [-0.05, 0) is 6.92 Å². The van der Waals surface area contributed by atoms with Gasteiger partial charge < -0.3 is 0 Å². The molecule has 0 aromatic carbocycles. The van der Waals surface area contributed by atoms with Gasteiger partial charge in [0.2, 0.25) is 0 Å². The maximum atomic E-state index is 11.0. The molecule has 4 nitrogen and oxygen atoms in total. The second kappa shape index (κ2) is 3.27. The maximum absolute atomic E-state index is 11.0. The lowest BCUT2D eigenvalue weighted by atomic mass is 10.2. The number of ketones is 1. The summed E-state index contributed by atoms with van der Waals surface area (Å²) in [6.07, 6.45) is 2.16. The molecule has 0 radical (unpaired) electrons. The SMILES string of the molecule is CCC(=O)c1cn(CC)nn1. The maximum Gasteiger partial charge on any atom is 0.184 e. The van der Waals surface area contributed by atoms with Gasteiger partial charge in [0.15, 0.2) is 5.78 Å². The molecular weight excluding hydrogens is 142 g/mol. The first-order chi connectivity index (χ1) is 5.27. The molecule has 0 aliphatic carbocycles. The van der Waals surface area contributed by atoms with Crippen molar-refractivity contribution in [2.24, 2.45) is 0 Å². The van der Waals surface area contributed by atoms with E-state index in [-0.39, 0.29) is 5.78 Å². The van der Waals surface area contributed by atoms with Crippen molar-refractivity contribution >= 4 is 5.78 Å². The molecule has 60 valence electrons. The Hall–Kier alpha value is -1.19. The molecule has 0 atom stereocenters. The summed E-state index contributed by atoms with van der Waals surface area (Å²) in [4.78, 5) is 11.0. The van der Waals surface area contributed by atoms with Crippen molar-refractivity contribution < 1.29 is 4.79 Å². The molecule has 0 saturated heterocycles. The fraction of sp³-hybridized carbons (Fsp3) is 0.571. The quantitative estimate of drug-likeness (QED) is 0.606. The number of rotatable bonds is 3. The van der Waals surface area contributed by atoms with Gasteiger partial charge in [0.05, 0.1) is 6.20 Å². The van der Waals surface area contributed by atoms with Crippen LogP contribution in [0.15, 0.2) is 6.20 Å². The Kier molecular flexibility index (Phi) is 2.36. The third-order valence-corrected chi connectivity index (χ3v) is 1.47. The Labute approximate surface area is 65.2 Å². The van der Waals surface area contributed by atoms with Crippen LogP contribution in [0, 0.1) is 0 Å². The van der Waals surface area contributed by atoms with Crippen molar-refractivity contribution in [1.29, 1.82) is 0 Å². The van der Waals surface area contributed by atoms with E-state index in [2.05, 4.69) is 10.3 Å². The van der Waals surface area contributed by atoms with Gasteiger partial charge in [-0.15, -0.1) is 5.10 Å². The zero-order valence-electron chi connectivity index (χ0n) is 6.74. The highest BCUT2D eigenvalue weighted by atomic mass is 16.1. The molecule has 4 heteroatoms. The molecule has 0 spiro atoms. The summed E-state index contributed by atoms with van der Waals surface area (Å²) in [7, 11) is 0. The molecule has 0 bridgehead atoms. The lowest BCUT2D eigenvalue weighted by Gasteiger charge is -1.88. The summed E-state index contributed by atoms with van der Waals surface area (Å²) in [6.45, 7) is 4.52. The van der Waals surface area contributed by atoms with Crippen LogP contribution in [-0.4, -0.2) is 20.8 Å². The molecule has 1 rings (SSSR count). The number of hydrogen-bond donors (Lipinski definition) is 0. The van der Waals surface area contributed by atoms with Crippen LogP contribution in [0.4, 0.5) is 0 Å². The molecule has 0 N–H and O–H groups in total. The fourth-order valence-electron chi connectivity index (χ4n) is 0.762. The highest BCUT2D eigenvalue weighted by Crippen LogP contribution is 1.97. The average molecular weight is 153 g/mol. The Morgan fingerprint density at radius 2 is 2.36 bits per heavy atom. The number of nitrogens with zero attached hydrogens (tertiary/aromatic N) is 3. The molecule has 11 heavy (non-hydrogen) atoms. The Bertz CT molecular complexity index is 254. The van der Waals surface area contributed by atoms with Gasteiger partial charge in [0.25, 0.3) is 0 Å². The number of carbonyl (C=O) groups is 1. The summed E-state index contributed by atoms with van der Waals surface area (Å²) in [5, 5.41) is 7.47. The van der Waals surface area contributed by atoms with Crippen LogP contribution in [-0.2, 0) is 6.54 Å². The molecule has 0 unspecified atom stereocenters. The largest absolute Gasteiger partial charge is 0.292 e. The highest BCUT2D eigenvalue weighted by Gasteiger charge is 2.06. The molecule has 0 fully saturated rings. The minimum atomic E-state index is 0.0460. The minimum absolute atomic E-state index is 0.0460. The summed E-state index contributed by atoms with van der Waals surface area (Å²) >= 11 is 0. The van der Waals surface area contributed by atoms with E-state index in [1.807, 2.05) is 13.8 Å². The Balaban J connectivity index is 2.80. The van der Waals surface area contributed by atoms with Crippen LogP contribution in [0.25, 0.3) is 0 Å². The zero-order valence-corrected chi connectivity index (χ0v) is 6.74. The molecule has 1 aromatic rings. The van der Waals surface area contributed by atoms with E-state index in [1.54, 1.807) is 10.9 Å². The fourth-order valence-corrected chi connectivity index (χ4v) is 0.762. The van der Waals surface area contributed by atoms with E-state index in [1.165, 1.54) is 0 Å². The van der Waals surface area contributed by atoms with Crippen LogP contribution in [0.2, 0.25) is 0 Å². The predicted molar refractivity (Wildman–Crippen MR) is 40.3 cm³/mol. The summed E-state index contributed by atoms with van der Waals surface area (Å²) in [5.74, 6) is 0.0460. The lowest BCUT2D eigenvalue weighted by Crippen LogP contribution is -1.96. The van der Waals surface area contributed by atoms with Crippen LogP contribution < -0.4 is 0 Å². The van der Waals surface area contributed by atoms with Crippen LogP contribution in [0.1, 0.15) is 30.8 Å². The first-order valence-electron chi connectivity index (χ1n) is 3.71. The van der Waals surface area contributed by atoms with Crippen molar-refractivity contribution in [3.63, 3.8) is 0 Å². The second-order valence-corrected chi connectivity index (χ2v) is 2.24. The van der Waals surface area contributed by atoms with E-state index < -0.39 is 0 Å². The first-order valence-corrected chi connectivity index (χ1v) is 3.71. The van der Waals surface area contributed by atoms with Crippen LogP contribution in [0.3, 0.4) is 0 Å². The molecule has 0 amide bonds. The van der Waals surface area contributed by atoms with Crippen molar-refractivity contribution in [3.8, 4) is 0 Å². The number of Topliss-reactive ketones (excluding diaryl/α,β-unsaturated/α-hetero) is 1. The van der Waals surface area contributed by atoms with Gasteiger partial charge in [0, 0.05) is 13.0 Å². The van der Waals surface area contributed by atoms with Crippen molar-refractivity contribution in [2.75, 3.05) is 0 Å². The summed E-state index contributed by atoms with van der Waals surface area (Å²) in [5.41, 5.74) is 0.467. The van der Waals surface area contributed by atoms with E-state index >= 15 is 0 Å². The first kappa shape index (κ1) is 7.91. The van der Waals surface area contributed by atoms with Crippen molar-refractivity contribution in [2.45, 2.75) is 26.8 Å². The van der Waals surface area contributed by atoms with E-state index in [0.29, 0.717) is 12.1 Å². The van der Waals surface area contributed by atoms with E-state index in [9.17, 15) is 4.79 Å². The average Bonchev–Trinajstić information content (AvgIpc) is 2.50. The summed E-state index contributed by atoms with van der Waals surface area (Å²) in [6, 6.07) is 0. The molecule has 1 aromatic heterocycles. The molecule has 0 saturated carbocycles. The van der Waals surface area contributed by atoms with Gasteiger partial charge in [-0.25, -0.2) is 0 Å². The Morgan fingerprint density at radius 3 is 2.82 bits per heavy atom. The third kappa shape index (κ3) is 1.63. The molecular formula is C7H11N3O. The van der Waals surface area contributed by atoms with Gasteiger partial charge in [0.1, 0.15) is 5.69 Å². The van der Waals surface area contributed by atoms with E-state index in [0.717, 1.165) is 6.54 Å². The topological polar surface area (TPSA) is 47.8 Å². The Morgan fingerprint density at radius 1 is 1.64 bits per heavy atom. The standard InChI is InChI=1S/C7H11N3O/c1-3-7(11)6-5-10(4-2)9-8-6/h5H,3-4H2,1-2H3. The smallest absolute Gasteiger partial charge is 0.184 e. The molecule has 0 aliphatic rings. The molecule has 0 aliphatic heterocycles. The molecule has 1 heterocycles. The van der Waals surface area contributed by atoms with Crippen LogP contribution >= 0.6 is 0 Å². The number of hydrogen-bond acceptors (Lipinski definition) is 3. The number of aryl methyl sites for hydroxylation is 1. The van der Waals surface area contributed by atoms with Crippen LogP contribution in [0.5, 0.6) is 0 Å². The van der Waals surface area contributed by atoms with E-state index in [4.69, 9.17) is 0 Å². The monoisotopic (exact) mass is 153 g/mol. The number of carbonyl (C=O) groups excluding carboxylic acids is 1. The number of aromatic nitrogens is 3.